The van der Waals surface area contributed by atoms with E-state index in [1.807, 2.05) is 0 Å². The molecule has 2 heterocycles. The van der Waals surface area contributed by atoms with Crippen molar-refractivity contribution in [1.82, 2.24) is 10.2 Å². The van der Waals surface area contributed by atoms with Crippen LogP contribution in [0.4, 0.5) is 0 Å². The highest BCUT2D eigenvalue weighted by Gasteiger charge is 2.52. The van der Waals surface area contributed by atoms with Crippen LogP contribution in [-0.4, -0.2) is 95.6 Å². The molecule has 0 aromatic heterocycles. The highest BCUT2D eigenvalue weighted by atomic mass is 16.5. The molecule has 11 nitrogen and oxygen atoms in total. The molecule has 3 aliphatic rings. The van der Waals surface area contributed by atoms with E-state index in [9.17, 15) is 29.7 Å². The lowest BCUT2D eigenvalue weighted by atomic mass is 9.77. The number of benzene rings is 1. The number of nitrogens with one attached hydrogen (secondary N) is 1. The molecule has 0 bridgehead atoms. The Bertz CT molecular complexity index is 1070. The van der Waals surface area contributed by atoms with Gasteiger partial charge < -0.3 is 39.7 Å². The van der Waals surface area contributed by atoms with E-state index in [0.717, 1.165) is 6.42 Å². The van der Waals surface area contributed by atoms with Crippen molar-refractivity contribution in [2.75, 3.05) is 33.4 Å². The summed E-state index contributed by atoms with van der Waals surface area (Å²) in [5, 5.41) is 33.2. The molecule has 0 saturated carbocycles. The number of hydrogen-bond acceptors (Lipinski definition) is 9. The van der Waals surface area contributed by atoms with E-state index < -0.39 is 41.8 Å². The topological polar surface area (TPSA) is 155 Å². The van der Waals surface area contributed by atoms with E-state index >= 15 is 0 Å². The minimum absolute atomic E-state index is 0.00136. The molecule has 202 valence electrons. The van der Waals surface area contributed by atoms with Gasteiger partial charge in [0.15, 0.2) is 11.5 Å². The monoisotopic (exact) mass is 518 g/mol. The first-order valence-electron chi connectivity index (χ1n) is 12.6. The van der Waals surface area contributed by atoms with Gasteiger partial charge in [0, 0.05) is 37.3 Å². The van der Waals surface area contributed by atoms with Crippen molar-refractivity contribution in [2.24, 2.45) is 0 Å². The molecule has 2 amide bonds. The zero-order valence-electron chi connectivity index (χ0n) is 21.0. The zero-order chi connectivity index (χ0) is 26.7. The Labute approximate surface area is 215 Å². The van der Waals surface area contributed by atoms with Crippen LogP contribution < -0.4 is 14.8 Å². The Kier molecular flexibility index (Phi) is 8.48. The Balaban J connectivity index is 1.80. The second kappa shape index (κ2) is 11.6. The van der Waals surface area contributed by atoms with E-state index in [2.05, 4.69) is 5.32 Å². The normalized spacial score (nSPS) is 26.0. The predicted octanol–water partition coefficient (Wildman–Crippen LogP) is -0.203. The minimum atomic E-state index is -1.29. The highest BCUT2D eigenvalue weighted by molar-refractivity contribution is 6.36. The molecule has 0 spiro atoms. The molecular formula is C26H34N2O9. The van der Waals surface area contributed by atoms with Gasteiger partial charge in [0.2, 0.25) is 11.7 Å². The Morgan fingerprint density at radius 3 is 2.65 bits per heavy atom. The summed E-state index contributed by atoms with van der Waals surface area (Å²) < 4.78 is 17.3. The van der Waals surface area contributed by atoms with Gasteiger partial charge in [0.05, 0.1) is 38.4 Å². The number of aliphatic hydroxyl groups excluding tert-OH is 3. The van der Waals surface area contributed by atoms with Crippen LogP contribution in [0.25, 0.3) is 0 Å². The Morgan fingerprint density at radius 1 is 1.24 bits per heavy atom. The third-order valence-corrected chi connectivity index (χ3v) is 7.10. The maximum Gasteiger partial charge on any atom is 0.290 e. The number of ether oxygens (including phenoxy) is 3. The van der Waals surface area contributed by atoms with Crippen molar-refractivity contribution in [3.63, 3.8) is 0 Å². The van der Waals surface area contributed by atoms with Gasteiger partial charge in [0.1, 0.15) is 12.2 Å². The molecule has 4 rings (SSSR count). The molecule has 1 aliphatic carbocycles. The van der Waals surface area contributed by atoms with E-state index in [4.69, 9.17) is 14.2 Å². The Hall–Kier alpha value is -2.99. The number of carbonyl (C=O) groups is 3. The number of carbonyl (C=O) groups excluding carboxylic acids is 3. The van der Waals surface area contributed by atoms with Crippen LogP contribution in [0.2, 0.25) is 0 Å². The molecule has 0 radical (unpaired) electrons. The summed E-state index contributed by atoms with van der Waals surface area (Å²) in [5.41, 5.74) is 1.31. The summed E-state index contributed by atoms with van der Waals surface area (Å²) >= 11 is 0. The number of rotatable bonds is 10. The Morgan fingerprint density at radius 2 is 2.03 bits per heavy atom. The number of ketones is 1. The van der Waals surface area contributed by atoms with E-state index in [-0.39, 0.29) is 44.4 Å². The summed E-state index contributed by atoms with van der Waals surface area (Å²) in [4.78, 5) is 40.3. The summed E-state index contributed by atoms with van der Waals surface area (Å²) in [6.07, 6.45) is 0.464. The van der Waals surface area contributed by atoms with Crippen LogP contribution in [0, 0.1) is 0 Å². The molecule has 2 aliphatic heterocycles. The fourth-order valence-corrected chi connectivity index (χ4v) is 5.28. The van der Waals surface area contributed by atoms with E-state index in [0.29, 0.717) is 35.7 Å². The smallest absolute Gasteiger partial charge is 0.290 e. The molecular weight excluding hydrogens is 484 g/mol. The highest BCUT2D eigenvalue weighted by Crippen LogP contribution is 2.51. The maximum atomic E-state index is 13.3. The number of methoxy groups -OCH3 is 1. The van der Waals surface area contributed by atoms with E-state index in [1.54, 1.807) is 19.1 Å². The number of aliphatic hydroxyl groups is 3. The van der Waals surface area contributed by atoms with Crippen molar-refractivity contribution in [2.45, 2.75) is 63.1 Å². The van der Waals surface area contributed by atoms with Crippen molar-refractivity contribution in [1.29, 1.82) is 0 Å². The second-order valence-corrected chi connectivity index (χ2v) is 9.39. The van der Waals surface area contributed by atoms with Gasteiger partial charge in [-0.2, -0.15) is 0 Å². The van der Waals surface area contributed by atoms with Gasteiger partial charge in [-0.15, -0.1) is 0 Å². The lowest BCUT2D eigenvalue weighted by Crippen LogP contribution is -2.58. The maximum absolute atomic E-state index is 13.3. The largest absolute Gasteiger partial charge is 0.493 e. The van der Waals surface area contributed by atoms with E-state index in [1.165, 1.54) is 18.1 Å². The van der Waals surface area contributed by atoms with Gasteiger partial charge >= 0.3 is 0 Å². The summed E-state index contributed by atoms with van der Waals surface area (Å²) in [6.45, 7) is 1.66. The molecule has 11 heteroatoms. The third kappa shape index (κ3) is 5.22. The molecule has 1 aromatic rings. The summed E-state index contributed by atoms with van der Waals surface area (Å²) in [7, 11) is 1.45. The molecule has 0 unspecified atom stereocenters. The predicted molar refractivity (Wildman–Crippen MR) is 130 cm³/mol. The van der Waals surface area contributed by atoms with Crippen LogP contribution in [0.15, 0.2) is 23.8 Å². The number of amides is 2. The number of hydrogen-bond donors (Lipinski definition) is 4. The average molecular weight is 519 g/mol. The first-order valence-corrected chi connectivity index (χ1v) is 12.6. The van der Waals surface area contributed by atoms with Gasteiger partial charge in [0.25, 0.3) is 5.91 Å². The fraction of sp³-hybridized carbons (Fsp3) is 0.577. The molecule has 5 atom stereocenters. The zero-order valence-corrected chi connectivity index (χ0v) is 21.0. The van der Waals surface area contributed by atoms with Crippen molar-refractivity contribution in [3.05, 3.63) is 34.9 Å². The number of nitrogens with zero attached hydrogens (tertiary/aromatic N) is 1. The third-order valence-electron chi connectivity index (χ3n) is 7.10. The minimum Gasteiger partial charge on any atom is -0.493 e. The average Bonchev–Trinajstić information content (AvgIpc) is 3.57. The van der Waals surface area contributed by atoms with Crippen LogP contribution in [0.1, 0.15) is 43.2 Å². The van der Waals surface area contributed by atoms with Crippen LogP contribution in [0.5, 0.6) is 11.5 Å². The van der Waals surface area contributed by atoms with Crippen LogP contribution >= 0.6 is 0 Å². The summed E-state index contributed by atoms with van der Waals surface area (Å²) in [6, 6.07) is 2.27. The number of fused-ring (bicyclic) bond motifs is 3. The lowest BCUT2D eigenvalue weighted by molar-refractivity contribution is -0.149. The molecule has 1 saturated heterocycles. The van der Waals surface area contributed by atoms with Gasteiger partial charge in [-0.3, -0.25) is 14.4 Å². The van der Waals surface area contributed by atoms with Crippen molar-refractivity contribution in [3.8, 4) is 11.5 Å². The van der Waals surface area contributed by atoms with Gasteiger partial charge in [-0.05, 0) is 36.6 Å². The molecule has 37 heavy (non-hydrogen) atoms. The number of Topliss-reactive ketones (excluding diaryl/α,β-unsaturated/α-hetero) is 1. The quantitative estimate of drug-likeness (QED) is 0.308. The molecule has 4 N–H and O–H groups in total. The van der Waals surface area contributed by atoms with Crippen molar-refractivity contribution >= 4 is 17.6 Å². The molecule has 1 aromatic carbocycles. The fourth-order valence-electron chi connectivity index (χ4n) is 5.28. The SMILES string of the molecule is CCC(=O)C(=O)N(C[C@@H]1CCCO1)[C@@H]1C=C(C(=O)NCCO)[C@@H]2c3cc(CO)cc(OC)c3O[C@@H]2[C@H]1O. The van der Waals surface area contributed by atoms with Crippen molar-refractivity contribution < 1.29 is 43.9 Å². The van der Waals surface area contributed by atoms with Crippen LogP contribution in [-0.2, 0) is 25.7 Å². The first kappa shape index (κ1) is 27.1. The van der Waals surface area contributed by atoms with Gasteiger partial charge in [-0.1, -0.05) is 6.92 Å². The lowest BCUT2D eigenvalue weighted by Gasteiger charge is -2.41. The second-order valence-electron chi connectivity index (χ2n) is 9.39. The van der Waals surface area contributed by atoms with Crippen LogP contribution in [0.3, 0.4) is 0 Å². The first-order chi connectivity index (χ1) is 17.8. The standard InChI is InChI=1S/C26H34N2O9/c1-3-19(31)26(34)28(12-15-5-4-8-36-15)18-11-17(25(33)27-6-7-29)21-16-9-14(13-30)10-20(35-2)23(16)37-24(21)22(18)32/h9-11,15,18,21-22,24,29-30,32H,3-8,12-13H2,1-2H3,(H,27,33)/t15-,18+,21-,22-,24-/m0/s1. The van der Waals surface area contributed by atoms with Gasteiger partial charge in [-0.25, -0.2) is 0 Å². The molecule has 1 fully saturated rings. The summed E-state index contributed by atoms with van der Waals surface area (Å²) in [5.74, 6) is -1.95.